The number of halogens is 1. The predicted molar refractivity (Wildman–Crippen MR) is 209 cm³/mol. The number of nitrogens with zero attached hydrogens (tertiary/aromatic N) is 4. The lowest BCUT2D eigenvalue weighted by Gasteiger charge is -2.39. The average Bonchev–Trinajstić information content (AvgIpc) is 3.72. The number of piperidine rings is 1. The molecule has 3 saturated heterocycles. The van der Waals surface area contributed by atoms with Crippen LogP contribution in [0.2, 0.25) is 18.6 Å². The molecule has 12 heteroatoms. The second kappa shape index (κ2) is 13.7. The summed E-state index contributed by atoms with van der Waals surface area (Å²) >= 11 is 0. The summed E-state index contributed by atoms with van der Waals surface area (Å²) in [4.78, 5) is 51.0. The van der Waals surface area contributed by atoms with Gasteiger partial charge in [0.15, 0.2) is 5.60 Å². The zero-order valence-corrected chi connectivity index (χ0v) is 32.3. The first-order valence-corrected chi connectivity index (χ1v) is 22.2. The second-order valence-corrected chi connectivity index (χ2v) is 19.9. The molecule has 5 aliphatic rings. The highest BCUT2D eigenvalue weighted by atomic mass is 28.4. The first-order chi connectivity index (χ1) is 25.9. The van der Waals surface area contributed by atoms with E-state index in [9.17, 15) is 19.5 Å². The lowest BCUT2D eigenvalue weighted by Crippen LogP contribution is -2.55. The Hall–Kier alpha value is -4.36. The van der Waals surface area contributed by atoms with Crippen LogP contribution in [0.25, 0.3) is 0 Å². The molecule has 284 valence electrons. The first-order valence-electron chi connectivity index (χ1n) is 19.2. The topological polar surface area (TPSA) is 106 Å². The number of benzene rings is 3. The van der Waals surface area contributed by atoms with Gasteiger partial charge in [0, 0.05) is 41.5 Å². The molecule has 0 unspecified atom stereocenters. The summed E-state index contributed by atoms with van der Waals surface area (Å²) < 4.78 is 23.6. The van der Waals surface area contributed by atoms with Crippen LogP contribution in [0.3, 0.4) is 0 Å². The molecule has 0 saturated carbocycles. The fourth-order valence-electron chi connectivity index (χ4n) is 10.2. The van der Waals surface area contributed by atoms with Crippen molar-refractivity contribution in [1.29, 1.82) is 0 Å². The van der Waals surface area contributed by atoms with Crippen LogP contribution >= 0.6 is 0 Å². The van der Waals surface area contributed by atoms with Gasteiger partial charge in [-0.05, 0) is 86.9 Å². The van der Waals surface area contributed by atoms with E-state index in [0.29, 0.717) is 49.4 Å². The maximum Gasteiger partial charge on any atom is 0.264 e. The number of aliphatic hydroxyl groups is 1. The Kier molecular flexibility index (Phi) is 9.31. The Morgan fingerprint density at radius 1 is 1.02 bits per heavy atom. The van der Waals surface area contributed by atoms with Crippen LogP contribution in [-0.4, -0.2) is 86.7 Å². The van der Waals surface area contributed by atoms with E-state index in [1.165, 1.54) is 0 Å². The van der Waals surface area contributed by atoms with E-state index in [4.69, 9.17) is 4.74 Å². The molecule has 5 heterocycles. The predicted octanol–water partition coefficient (Wildman–Crippen LogP) is 5.26. The summed E-state index contributed by atoms with van der Waals surface area (Å²) in [6.07, 6.45) is 2.51. The lowest BCUT2D eigenvalue weighted by molar-refractivity contribution is -0.150. The number of nitrogens with one attached hydrogen (secondary N) is 1. The average molecular weight is 752 g/mol. The summed E-state index contributed by atoms with van der Waals surface area (Å²) in [7, 11) is -3.57. The molecule has 54 heavy (non-hydrogen) atoms. The fraction of sp³-hybridized carbons (Fsp3) is 0.452. The van der Waals surface area contributed by atoms with E-state index < -0.39 is 43.2 Å². The summed E-state index contributed by atoms with van der Waals surface area (Å²) in [6.45, 7) is 11.2. The van der Waals surface area contributed by atoms with Crippen LogP contribution in [0.5, 0.6) is 0 Å². The first kappa shape index (κ1) is 36.6. The lowest BCUT2D eigenvalue weighted by atomic mass is 9.82. The maximum absolute atomic E-state index is 16.7. The normalized spacial score (nSPS) is 27.6. The highest BCUT2D eigenvalue weighted by Crippen LogP contribution is 2.61. The molecule has 0 aliphatic carbocycles. The minimum atomic E-state index is -3.57. The third kappa shape index (κ3) is 5.63. The molecule has 3 fully saturated rings. The third-order valence-corrected chi connectivity index (χ3v) is 15.2. The molecule has 2 spiro atoms. The molecule has 2 N–H and O–H groups in total. The molecular formula is C42H50FN5O5Si. The minimum Gasteiger partial charge on any atom is -0.394 e. The Morgan fingerprint density at radius 2 is 1.72 bits per heavy atom. The van der Waals surface area contributed by atoms with Gasteiger partial charge < -0.3 is 34.0 Å². The van der Waals surface area contributed by atoms with Crippen molar-refractivity contribution >= 4 is 43.2 Å². The number of fused-ring (bicyclic) bond motifs is 3. The molecule has 8 rings (SSSR count). The van der Waals surface area contributed by atoms with Crippen molar-refractivity contribution in [2.24, 2.45) is 5.92 Å². The van der Waals surface area contributed by atoms with E-state index in [2.05, 4.69) is 16.8 Å². The van der Waals surface area contributed by atoms with E-state index in [-0.39, 0.29) is 37.3 Å². The minimum absolute atomic E-state index is 0.00899. The summed E-state index contributed by atoms with van der Waals surface area (Å²) in [5.41, 5.74) is 1.98. The fourth-order valence-corrected chi connectivity index (χ4v) is 12.7. The Morgan fingerprint density at radius 3 is 2.41 bits per heavy atom. The molecule has 3 aromatic carbocycles. The number of hydrogen-bond donors (Lipinski definition) is 2. The molecular weight excluding hydrogens is 702 g/mol. The van der Waals surface area contributed by atoms with Crippen molar-refractivity contribution in [2.45, 2.75) is 81.1 Å². The highest BCUT2D eigenvalue weighted by Gasteiger charge is 2.67. The van der Waals surface area contributed by atoms with E-state index in [0.717, 1.165) is 29.9 Å². The molecule has 5 aliphatic heterocycles. The molecule has 5 atom stereocenters. The van der Waals surface area contributed by atoms with Crippen molar-refractivity contribution in [1.82, 2.24) is 10.2 Å². The van der Waals surface area contributed by atoms with Crippen LogP contribution in [0, 0.1) is 5.92 Å². The van der Waals surface area contributed by atoms with Crippen LogP contribution in [0.15, 0.2) is 85.5 Å². The van der Waals surface area contributed by atoms with Gasteiger partial charge in [-0.2, -0.15) is 0 Å². The van der Waals surface area contributed by atoms with E-state index in [1.54, 1.807) is 29.0 Å². The highest BCUT2D eigenvalue weighted by molar-refractivity contribution is 6.72. The van der Waals surface area contributed by atoms with Gasteiger partial charge >= 0.3 is 0 Å². The van der Waals surface area contributed by atoms with Crippen molar-refractivity contribution < 1.29 is 28.3 Å². The van der Waals surface area contributed by atoms with Gasteiger partial charge in [0.25, 0.3) is 11.8 Å². The van der Waals surface area contributed by atoms with Gasteiger partial charge in [-0.3, -0.25) is 19.3 Å². The van der Waals surface area contributed by atoms with Gasteiger partial charge in [-0.25, -0.2) is 0 Å². The molecule has 0 radical (unpaired) electrons. The number of para-hydroxylation sites is 1. The van der Waals surface area contributed by atoms with Crippen LogP contribution in [0.1, 0.15) is 42.9 Å². The van der Waals surface area contributed by atoms with Gasteiger partial charge in [-0.15, -0.1) is 6.58 Å². The van der Waals surface area contributed by atoms with Crippen LogP contribution in [0.4, 0.5) is 21.2 Å². The SMILES string of the molecule is C=CCN1C(=O)[C@]2(O[C@H](CC(=O)N3Cc4ccccc4C[C@H]3CO)[C@@H]([Si](C)(C)F)[C@@H]2C)c2cc(N3CN(c4ccccc4)C4(CCNCC4)C3=O)ccc21. The van der Waals surface area contributed by atoms with Gasteiger partial charge in [0.2, 0.25) is 14.3 Å². The van der Waals surface area contributed by atoms with E-state index >= 15 is 4.11 Å². The Balaban J connectivity index is 1.17. The van der Waals surface area contributed by atoms with Crippen molar-refractivity contribution in [3.8, 4) is 0 Å². The van der Waals surface area contributed by atoms with Gasteiger partial charge in [0.1, 0.15) is 5.54 Å². The van der Waals surface area contributed by atoms with Crippen molar-refractivity contribution in [3.63, 3.8) is 0 Å². The zero-order valence-electron chi connectivity index (χ0n) is 31.3. The number of anilines is 3. The van der Waals surface area contributed by atoms with E-state index in [1.807, 2.05) is 84.6 Å². The summed E-state index contributed by atoms with van der Waals surface area (Å²) in [5.74, 6) is -1.15. The molecule has 0 aromatic heterocycles. The number of aliphatic hydroxyl groups excluding tert-OH is 1. The third-order valence-electron chi connectivity index (χ3n) is 12.8. The van der Waals surface area contributed by atoms with Gasteiger partial charge in [0.05, 0.1) is 37.5 Å². The number of carbonyl (C=O) groups is 3. The number of rotatable bonds is 8. The van der Waals surface area contributed by atoms with Crippen LogP contribution < -0.4 is 20.0 Å². The van der Waals surface area contributed by atoms with Crippen LogP contribution in [-0.2, 0) is 37.7 Å². The Labute approximate surface area is 317 Å². The number of hydrogen-bond acceptors (Lipinski definition) is 7. The second-order valence-electron chi connectivity index (χ2n) is 16.1. The van der Waals surface area contributed by atoms with Crippen molar-refractivity contribution in [2.75, 3.05) is 47.6 Å². The van der Waals surface area contributed by atoms with Gasteiger partial charge in [-0.1, -0.05) is 55.5 Å². The molecule has 0 bridgehead atoms. The maximum atomic E-state index is 16.7. The largest absolute Gasteiger partial charge is 0.394 e. The smallest absolute Gasteiger partial charge is 0.264 e. The summed E-state index contributed by atoms with van der Waals surface area (Å²) in [6, 6.07) is 23.1. The van der Waals surface area contributed by atoms with Crippen molar-refractivity contribution in [3.05, 3.63) is 102 Å². The number of ether oxygens (including phenoxy) is 1. The Bertz CT molecular complexity index is 1970. The molecule has 3 aromatic rings. The number of carbonyl (C=O) groups excluding carboxylic acids is 3. The molecule has 10 nitrogen and oxygen atoms in total. The zero-order chi connectivity index (χ0) is 38.0. The standard InChI is InChI=1S/C42H50FN5O5Si/c1-5-21-45-35-16-15-32(47-27-48(31-13-7-6-8-14-31)41(39(47)51)17-19-44-20-18-41)23-34(35)42(40(45)52)28(2)38(54(3,4)43)36(53-42)24-37(50)46-25-30-12-10-9-11-29(30)22-33(46)26-49/h5-16,23,28,33,36,38,44,49H,1,17-22,24-27H2,2-4H3/t28-,33-,36+,38-,42+/m0/s1. The quantitative estimate of drug-likeness (QED) is 0.184. The summed E-state index contributed by atoms with van der Waals surface area (Å²) in [5, 5.41) is 13.7. The molecule has 3 amide bonds. The number of amides is 3. The monoisotopic (exact) mass is 751 g/mol.